The molecule has 0 aromatic heterocycles. The third-order valence-electron chi connectivity index (χ3n) is 4.07. The van der Waals surface area contributed by atoms with Crippen molar-refractivity contribution in [2.75, 3.05) is 10.6 Å². The average molecular weight is 479 g/mol. The highest BCUT2D eigenvalue weighted by atomic mass is 79.9. The molecule has 3 aromatic rings. The number of rotatable bonds is 6. The van der Waals surface area contributed by atoms with Gasteiger partial charge in [0.25, 0.3) is 5.91 Å². The number of hydrogen-bond donors (Lipinski definition) is 2. The molecule has 0 spiro atoms. The fraction of sp³-hybridized carbons (Fsp3) is 0.0417. The van der Waals surface area contributed by atoms with Crippen LogP contribution in [0.2, 0.25) is 0 Å². The molecule has 156 valence electrons. The Bertz CT molecular complexity index is 1160. The summed E-state index contributed by atoms with van der Waals surface area (Å²) in [7, 11) is 0. The van der Waals surface area contributed by atoms with Crippen LogP contribution in [0.1, 0.15) is 22.8 Å². The van der Waals surface area contributed by atoms with Crippen molar-refractivity contribution in [2.24, 2.45) is 0 Å². The number of amides is 2. The van der Waals surface area contributed by atoms with Gasteiger partial charge in [-0.15, -0.1) is 0 Å². The van der Waals surface area contributed by atoms with Gasteiger partial charge in [-0.1, -0.05) is 46.3 Å². The lowest BCUT2D eigenvalue weighted by Gasteiger charge is -2.12. The molecular formula is C24H19BrN2O4. The minimum atomic E-state index is -0.471. The van der Waals surface area contributed by atoms with E-state index in [4.69, 9.17) is 4.74 Å². The molecule has 2 amide bonds. The van der Waals surface area contributed by atoms with E-state index in [0.29, 0.717) is 16.9 Å². The first-order valence-electron chi connectivity index (χ1n) is 9.34. The number of carbonyl (C=O) groups excluding carboxylic acids is 3. The minimum absolute atomic E-state index is 0.277. The summed E-state index contributed by atoms with van der Waals surface area (Å²) in [6.07, 6.45) is 3.12. The number of esters is 1. The van der Waals surface area contributed by atoms with Crippen LogP contribution in [0, 0.1) is 0 Å². The first-order valence-corrected chi connectivity index (χ1v) is 10.1. The monoisotopic (exact) mass is 478 g/mol. The Hall–Kier alpha value is -3.71. The Balaban J connectivity index is 1.71. The summed E-state index contributed by atoms with van der Waals surface area (Å²) in [4.78, 5) is 36.1. The van der Waals surface area contributed by atoms with Crippen molar-refractivity contribution >= 4 is 51.2 Å². The lowest BCUT2D eigenvalue weighted by molar-refractivity contribution is -0.131. The minimum Gasteiger partial charge on any atom is -0.427 e. The summed E-state index contributed by atoms with van der Waals surface area (Å²) in [5.41, 5.74) is 2.08. The molecule has 7 heteroatoms. The van der Waals surface area contributed by atoms with Crippen molar-refractivity contribution in [3.63, 3.8) is 0 Å². The Morgan fingerprint density at radius 2 is 1.58 bits per heavy atom. The van der Waals surface area contributed by atoms with Crippen LogP contribution in [0.5, 0.6) is 5.75 Å². The third-order valence-corrected chi connectivity index (χ3v) is 4.56. The van der Waals surface area contributed by atoms with Gasteiger partial charge < -0.3 is 15.4 Å². The summed E-state index contributed by atoms with van der Waals surface area (Å²) in [5.74, 6) is -0.931. The molecule has 0 aliphatic heterocycles. The van der Waals surface area contributed by atoms with E-state index in [1.807, 2.05) is 24.3 Å². The molecule has 0 bridgehead atoms. The van der Waals surface area contributed by atoms with Gasteiger partial charge in [-0.25, -0.2) is 0 Å². The van der Waals surface area contributed by atoms with Gasteiger partial charge in [-0.3, -0.25) is 14.4 Å². The van der Waals surface area contributed by atoms with Gasteiger partial charge in [-0.2, -0.15) is 0 Å². The van der Waals surface area contributed by atoms with Crippen LogP contribution in [0.3, 0.4) is 0 Å². The number of halogens is 1. The maximum Gasteiger partial charge on any atom is 0.308 e. The molecule has 0 fully saturated rings. The van der Waals surface area contributed by atoms with Crippen LogP contribution in [0.4, 0.5) is 11.4 Å². The zero-order valence-corrected chi connectivity index (χ0v) is 18.2. The first kappa shape index (κ1) is 22.0. The highest BCUT2D eigenvalue weighted by molar-refractivity contribution is 9.10. The highest BCUT2D eigenvalue weighted by Crippen LogP contribution is 2.23. The summed E-state index contributed by atoms with van der Waals surface area (Å²) in [6.45, 7) is 1.29. The maximum absolute atomic E-state index is 12.6. The van der Waals surface area contributed by atoms with Crippen molar-refractivity contribution < 1.29 is 19.1 Å². The lowest BCUT2D eigenvalue weighted by Crippen LogP contribution is -2.15. The van der Waals surface area contributed by atoms with Gasteiger partial charge in [0.05, 0.1) is 11.4 Å². The Labute approximate surface area is 188 Å². The van der Waals surface area contributed by atoms with Crippen LogP contribution in [0.25, 0.3) is 6.08 Å². The molecule has 0 aliphatic rings. The summed E-state index contributed by atoms with van der Waals surface area (Å²) in [6, 6.07) is 20.7. The first-order chi connectivity index (χ1) is 14.9. The number of carbonyl (C=O) groups is 3. The summed E-state index contributed by atoms with van der Waals surface area (Å²) in [5, 5.41) is 5.54. The van der Waals surface area contributed by atoms with E-state index < -0.39 is 11.9 Å². The van der Waals surface area contributed by atoms with Crippen LogP contribution in [-0.4, -0.2) is 17.8 Å². The van der Waals surface area contributed by atoms with Crippen LogP contribution in [-0.2, 0) is 9.59 Å². The second-order valence-electron chi connectivity index (χ2n) is 6.50. The number of ether oxygens (including phenoxy) is 1. The molecule has 0 aliphatic carbocycles. The van der Waals surface area contributed by atoms with E-state index in [0.717, 1.165) is 10.0 Å². The molecule has 2 N–H and O–H groups in total. The second kappa shape index (κ2) is 10.4. The van der Waals surface area contributed by atoms with Crippen molar-refractivity contribution in [2.45, 2.75) is 6.92 Å². The molecule has 3 aromatic carbocycles. The molecule has 31 heavy (non-hydrogen) atoms. The van der Waals surface area contributed by atoms with Crippen molar-refractivity contribution in [3.05, 3.63) is 94.5 Å². The van der Waals surface area contributed by atoms with Crippen molar-refractivity contribution in [3.8, 4) is 5.75 Å². The second-order valence-corrected chi connectivity index (χ2v) is 7.41. The molecule has 0 saturated heterocycles. The number of hydrogen-bond acceptors (Lipinski definition) is 4. The SMILES string of the molecule is CC(=O)Oc1cccc(C(=O)Nc2ccccc2NC(=O)/C=C/c2cccc(Br)c2)c1. The Morgan fingerprint density at radius 3 is 2.29 bits per heavy atom. The molecule has 3 rings (SSSR count). The van der Waals surface area contributed by atoms with Crippen molar-refractivity contribution in [1.82, 2.24) is 0 Å². The van der Waals surface area contributed by atoms with Gasteiger partial charge in [0.1, 0.15) is 5.75 Å². The standard InChI is InChI=1S/C24H19BrN2O4/c1-16(28)31-20-9-5-7-18(15-20)24(30)27-22-11-3-2-10-21(22)26-23(29)13-12-17-6-4-8-19(25)14-17/h2-15H,1H3,(H,26,29)(H,27,30)/b13-12+. The molecule has 0 saturated carbocycles. The van der Waals surface area contributed by atoms with E-state index in [1.54, 1.807) is 48.5 Å². The van der Waals surface area contributed by atoms with Crippen LogP contribution >= 0.6 is 15.9 Å². The number of benzene rings is 3. The number of anilines is 2. The van der Waals surface area contributed by atoms with E-state index in [1.165, 1.54) is 19.1 Å². The summed E-state index contributed by atoms with van der Waals surface area (Å²) < 4.78 is 5.93. The van der Waals surface area contributed by atoms with E-state index in [9.17, 15) is 14.4 Å². The maximum atomic E-state index is 12.6. The van der Waals surface area contributed by atoms with E-state index >= 15 is 0 Å². The van der Waals surface area contributed by atoms with Gasteiger partial charge in [0.2, 0.25) is 5.91 Å². The number of para-hydroxylation sites is 2. The van der Waals surface area contributed by atoms with Gasteiger partial charge in [-0.05, 0) is 54.1 Å². The highest BCUT2D eigenvalue weighted by Gasteiger charge is 2.11. The predicted octanol–water partition coefficient (Wildman–Crippen LogP) is 5.28. The quantitative estimate of drug-likeness (QED) is 0.286. The summed E-state index contributed by atoms with van der Waals surface area (Å²) >= 11 is 3.39. The Kier molecular flexibility index (Phi) is 7.35. The smallest absolute Gasteiger partial charge is 0.308 e. The van der Waals surface area contributed by atoms with Gasteiger partial charge in [0, 0.05) is 23.0 Å². The van der Waals surface area contributed by atoms with Crippen LogP contribution in [0.15, 0.2) is 83.3 Å². The fourth-order valence-electron chi connectivity index (χ4n) is 2.72. The number of nitrogens with one attached hydrogen (secondary N) is 2. The zero-order valence-electron chi connectivity index (χ0n) is 16.6. The molecule has 0 heterocycles. The van der Waals surface area contributed by atoms with E-state index in [2.05, 4.69) is 26.6 Å². The molecule has 6 nitrogen and oxygen atoms in total. The Morgan fingerprint density at radius 1 is 0.871 bits per heavy atom. The van der Waals surface area contributed by atoms with Crippen LogP contribution < -0.4 is 15.4 Å². The average Bonchev–Trinajstić information content (AvgIpc) is 2.73. The third kappa shape index (κ3) is 6.65. The zero-order chi connectivity index (χ0) is 22.2. The van der Waals surface area contributed by atoms with E-state index in [-0.39, 0.29) is 11.7 Å². The molecular weight excluding hydrogens is 460 g/mol. The van der Waals surface area contributed by atoms with Crippen molar-refractivity contribution in [1.29, 1.82) is 0 Å². The molecule has 0 atom stereocenters. The largest absolute Gasteiger partial charge is 0.427 e. The van der Waals surface area contributed by atoms with Gasteiger partial charge in [0.15, 0.2) is 0 Å². The normalized spacial score (nSPS) is 10.5. The molecule has 0 radical (unpaired) electrons. The predicted molar refractivity (Wildman–Crippen MR) is 124 cm³/mol. The fourth-order valence-corrected chi connectivity index (χ4v) is 3.14. The van der Waals surface area contributed by atoms with Gasteiger partial charge >= 0.3 is 5.97 Å². The topological polar surface area (TPSA) is 84.5 Å². The lowest BCUT2D eigenvalue weighted by atomic mass is 10.2. The molecule has 0 unspecified atom stereocenters.